The molecule has 0 N–H and O–H groups in total. The van der Waals surface area contributed by atoms with Crippen LogP contribution in [-0.2, 0) is 4.84 Å². The lowest BCUT2D eigenvalue weighted by Crippen LogP contribution is -2.32. The molecule has 1 aliphatic heterocycles. The Hall–Kier alpha value is -3.15. The summed E-state index contributed by atoms with van der Waals surface area (Å²) in [4.78, 5) is 41.9. The third kappa shape index (κ3) is 5.02. The van der Waals surface area contributed by atoms with Gasteiger partial charge >= 0.3 is 5.97 Å². The van der Waals surface area contributed by atoms with Crippen molar-refractivity contribution in [3.63, 3.8) is 0 Å². The van der Waals surface area contributed by atoms with E-state index in [4.69, 9.17) is 9.57 Å². The number of imide groups is 1. The number of carbonyl (C=O) groups excluding carboxylic acids is 3. The summed E-state index contributed by atoms with van der Waals surface area (Å²) < 4.78 is 5.69. The average molecular weight is 395 g/mol. The van der Waals surface area contributed by atoms with Gasteiger partial charge in [-0.3, -0.25) is 9.59 Å². The molecule has 6 nitrogen and oxygen atoms in total. The van der Waals surface area contributed by atoms with E-state index in [-0.39, 0.29) is 16.7 Å². The van der Waals surface area contributed by atoms with Crippen molar-refractivity contribution in [1.82, 2.24) is 5.06 Å². The van der Waals surface area contributed by atoms with Gasteiger partial charge in [0.15, 0.2) is 0 Å². The molecule has 2 aromatic rings. The van der Waals surface area contributed by atoms with Crippen LogP contribution in [0.2, 0.25) is 0 Å². The maximum absolute atomic E-state index is 12.3. The lowest BCUT2D eigenvalue weighted by Gasteiger charge is -2.13. The molecule has 2 amide bonds. The molecule has 29 heavy (non-hydrogen) atoms. The van der Waals surface area contributed by atoms with E-state index >= 15 is 0 Å². The van der Waals surface area contributed by atoms with Gasteiger partial charge in [-0.1, -0.05) is 56.2 Å². The molecule has 0 saturated carbocycles. The zero-order chi connectivity index (χ0) is 20.6. The summed E-state index contributed by atoms with van der Waals surface area (Å²) in [6.45, 7) is 2.83. The molecule has 3 rings (SSSR count). The zero-order valence-corrected chi connectivity index (χ0v) is 16.6. The number of hydrogen-bond acceptors (Lipinski definition) is 5. The smallest absolute Gasteiger partial charge is 0.363 e. The van der Waals surface area contributed by atoms with Crippen LogP contribution in [0.3, 0.4) is 0 Å². The highest BCUT2D eigenvalue weighted by Crippen LogP contribution is 2.23. The Kier molecular flexibility index (Phi) is 7.00. The Morgan fingerprint density at radius 3 is 2.03 bits per heavy atom. The molecule has 6 heteroatoms. The van der Waals surface area contributed by atoms with Crippen LogP contribution >= 0.6 is 0 Å². The van der Waals surface area contributed by atoms with Crippen molar-refractivity contribution in [2.24, 2.45) is 0 Å². The number of rotatable bonds is 10. The highest BCUT2D eigenvalue weighted by Gasteiger charge is 2.38. The second-order valence-corrected chi connectivity index (χ2v) is 6.97. The third-order valence-corrected chi connectivity index (χ3v) is 4.79. The van der Waals surface area contributed by atoms with E-state index in [1.165, 1.54) is 37.8 Å². The molecule has 0 unspecified atom stereocenters. The van der Waals surface area contributed by atoms with Gasteiger partial charge in [0.1, 0.15) is 5.75 Å². The molecule has 0 radical (unpaired) electrons. The number of fused-ring (bicyclic) bond motifs is 1. The summed E-state index contributed by atoms with van der Waals surface area (Å²) in [5.41, 5.74) is 0.681. The van der Waals surface area contributed by atoms with Gasteiger partial charge in [0.25, 0.3) is 11.8 Å². The van der Waals surface area contributed by atoms with Crippen molar-refractivity contribution in [2.45, 2.75) is 45.4 Å². The fourth-order valence-corrected chi connectivity index (χ4v) is 3.15. The van der Waals surface area contributed by atoms with Gasteiger partial charge in [-0.25, -0.2) is 4.79 Å². The van der Waals surface area contributed by atoms with E-state index in [0.29, 0.717) is 17.4 Å². The molecule has 1 aliphatic rings. The molecule has 0 saturated heterocycles. The topological polar surface area (TPSA) is 72.9 Å². The Morgan fingerprint density at radius 2 is 1.41 bits per heavy atom. The van der Waals surface area contributed by atoms with E-state index in [0.717, 1.165) is 12.8 Å². The number of unbranched alkanes of at least 4 members (excludes halogenated alkanes) is 5. The molecule has 0 bridgehead atoms. The van der Waals surface area contributed by atoms with Crippen molar-refractivity contribution in [2.75, 3.05) is 6.61 Å². The molecular formula is C23H25NO5. The van der Waals surface area contributed by atoms with Gasteiger partial charge in [0.2, 0.25) is 0 Å². The first-order valence-electron chi connectivity index (χ1n) is 10.0. The molecule has 0 atom stereocenters. The van der Waals surface area contributed by atoms with Crippen molar-refractivity contribution < 1.29 is 24.0 Å². The first kappa shape index (κ1) is 20.6. The molecule has 0 aromatic heterocycles. The summed E-state index contributed by atoms with van der Waals surface area (Å²) >= 11 is 0. The number of carbonyl (C=O) groups is 3. The Bertz CT molecular complexity index is 840. The zero-order valence-electron chi connectivity index (χ0n) is 16.6. The van der Waals surface area contributed by atoms with Crippen LogP contribution in [0.25, 0.3) is 0 Å². The highest BCUT2D eigenvalue weighted by atomic mass is 16.7. The Morgan fingerprint density at radius 1 is 0.828 bits per heavy atom. The van der Waals surface area contributed by atoms with Crippen LogP contribution in [-0.4, -0.2) is 29.5 Å². The van der Waals surface area contributed by atoms with Crippen LogP contribution in [0.15, 0.2) is 48.5 Å². The summed E-state index contributed by atoms with van der Waals surface area (Å²) in [6, 6.07) is 12.8. The first-order valence-corrected chi connectivity index (χ1v) is 10.0. The molecule has 0 fully saturated rings. The predicted molar refractivity (Wildman–Crippen MR) is 108 cm³/mol. The van der Waals surface area contributed by atoms with Gasteiger partial charge in [-0.2, -0.15) is 0 Å². The fraction of sp³-hybridized carbons (Fsp3) is 0.348. The maximum Gasteiger partial charge on any atom is 0.363 e. The number of nitrogens with zero attached hydrogens (tertiary/aromatic N) is 1. The fourth-order valence-electron chi connectivity index (χ4n) is 3.15. The lowest BCUT2D eigenvalue weighted by atomic mass is 10.1. The molecule has 1 heterocycles. The monoisotopic (exact) mass is 395 g/mol. The van der Waals surface area contributed by atoms with Gasteiger partial charge in [-0.15, -0.1) is 0 Å². The molecule has 0 aliphatic carbocycles. The molecule has 0 spiro atoms. The van der Waals surface area contributed by atoms with Gasteiger partial charge in [-0.05, 0) is 42.8 Å². The average Bonchev–Trinajstić information content (AvgIpc) is 2.98. The van der Waals surface area contributed by atoms with Crippen molar-refractivity contribution in [1.29, 1.82) is 0 Å². The highest BCUT2D eigenvalue weighted by molar-refractivity contribution is 6.21. The minimum absolute atomic E-state index is 0.226. The van der Waals surface area contributed by atoms with Gasteiger partial charge in [0.05, 0.1) is 23.3 Å². The van der Waals surface area contributed by atoms with Crippen LogP contribution in [0.5, 0.6) is 5.75 Å². The first-order chi connectivity index (χ1) is 14.1. The lowest BCUT2D eigenvalue weighted by molar-refractivity contribution is -0.0584. The Labute approximate surface area is 170 Å². The second kappa shape index (κ2) is 9.87. The van der Waals surface area contributed by atoms with Crippen molar-refractivity contribution in [3.8, 4) is 5.75 Å². The predicted octanol–water partition coefficient (Wildman–Crippen LogP) is 4.79. The van der Waals surface area contributed by atoms with E-state index in [1.807, 2.05) is 0 Å². The number of hydroxylamine groups is 2. The Balaban J connectivity index is 1.48. The molecule has 2 aromatic carbocycles. The largest absolute Gasteiger partial charge is 0.494 e. The van der Waals surface area contributed by atoms with Crippen LogP contribution in [0.4, 0.5) is 0 Å². The van der Waals surface area contributed by atoms with E-state index in [2.05, 4.69) is 6.92 Å². The SMILES string of the molecule is CCCCCCCCOc1ccc(C(=O)ON2C(=O)c3ccccc3C2=O)cc1. The van der Waals surface area contributed by atoms with Crippen LogP contribution < -0.4 is 4.74 Å². The maximum atomic E-state index is 12.3. The number of ether oxygens (including phenoxy) is 1. The summed E-state index contributed by atoms with van der Waals surface area (Å²) in [7, 11) is 0. The van der Waals surface area contributed by atoms with E-state index < -0.39 is 17.8 Å². The number of amides is 2. The van der Waals surface area contributed by atoms with Gasteiger partial charge < -0.3 is 9.57 Å². The van der Waals surface area contributed by atoms with E-state index in [1.54, 1.807) is 36.4 Å². The molecule has 152 valence electrons. The van der Waals surface area contributed by atoms with E-state index in [9.17, 15) is 14.4 Å². The minimum Gasteiger partial charge on any atom is -0.494 e. The second-order valence-electron chi connectivity index (χ2n) is 6.97. The minimum atomic E-state index is -0.776. The van der Waals surface area contributed by atoms with Crippen molar-refractivity contribution >= 4 is 17.8 Å². The van der Waals surface area contributed by atoms with Gasteiger partial charge in [0, 0.05) is 0 Å². The number of benzene rings is 2. The summed E-state index contributed by atoms with van der Waals surface area (Å²) in [5, 5.41) is 0.510. The normalized spacial score (nSPS) is 12.8. The quantitative estimate of drug-likeness (QED) is 0.427. The third-order valence-electron chi connectivity index (χ3n) is 4.79. The number of hydrogen-bond donors (Lipinski definition) is 0. The van der Waals surface area contributed by atoms with Crippen LogP contribution in [0, 0.1) is 0 Å². The summed E-state index contributed by atoms with van der Waals surface area (Å²) in [5.74, 6) is -1.39. The standard InChI is InChI=1S/C23H25NO5/c1-2-3-4-5-6-9-16-28-18-14-12-17(13-15-18)23(27)29-24-21(25)19-10-7-8-11-20(19)22(24)26/h7-8,10-15H,2-6,9,16H2,1H3. The van der Waals surface area contributed by atoms with Crippen LogP contribution in [0.1, 0.15) is 76.5 Å². The summed E-state index contributed by atoms with van der Waals surface area (Å²) in [6.07, 6.45) is 7.13. The van der Waals surface area contributed by atoms with Crippen molar-refractivity contribution in [3.05, 3.63) is 65.2 Å². The molecular weight excluding hydrogens is 370 g/mol.